The van der Waals surface area contributed by atoms with Crippen molar-refractivity contribution >= 4 is 11.3 Å². The average Bonchev–Trinajstić information content (AvgIpc) is 2.80. The fraction of sp³-hybridized carbons (Fsp3) is 0.462. The van der Waals surface area contributed by atoms with Crippen molar-refractivity contribution in [3.05, 3.63) is 39.1 Å². The summed E-state index contributed by atoms with van der Waals surface area (Å²) in [6.45, 7) is 8.20. The molecular formula is C13H19N3S. The predicted molar refractivity (Wildman–Crippen MR) is 72.3 cm³/mol. The molecule has 0 amide bonds. The largest absolute Gasteiger partial charge is 0.352 e. The van der Waals surface area contributed by atoms with Crippen LogP contribution in [0.15, 0.2) is 11.6 Å². The van der Waals surface area contributed by atoms with Crippen molar-refractivity contribution in [2.45, 2.75) is 33.9 Å². The summed E-state index contributed by atoms with van der Waals surface area (Å²) in [5.41, 5.74) is 7.09. The molecule has 0 saturated heterocycles. The van der Waals surface area contributed by atoms with Crippen LogP contribution in [0.2, 0.25) is 0 Å². The van der Waals surface area contributed by atoms with Gasteiger partial charge in [-0.2, -0.15) is 0 Å². The van der Waals surface area contributed by atoms with Gasteiger partial charge >= 0.3 is 0 Å². The zero-order valence-corrected chi connectivity index (χ0v) is 11.7. The van der Waals surface area contributed by atoms with E-state index in [9.17, 15) is 0 Å². The van der Waals surface area contributed by atoms with Gasteiger partial charge in [-0.15, -0.1) is 11.3 Å². The topological polar surface area (TPSA) is 29.9 Å². The number of nitrogens with zero attached hydrogens (tertiary/aromatic N) is 2. The Balaban J connectivity index is 1.95. The normalized spacial score (nSPS) is 11.1. The van der Waals surface area contributed by atoms with E-state index in [2.05, 4.69) is 48.8 Å². The highest BCUT2D eigenvalue weighted by Gasteiger charge is 2.06. The van der Waals surface area contributed by atoms with E-state index in [4.69, 9.17) is 0 Å². The van der Waals surface area contributed by atoms with Crippen LogP contribution in [0.3, 0.4) is 0 Å². The first kappa shape index (κ1) is 12.3. The van der Waals surface area contributed by atoms with Gasteiger partial charge in [-0.05, 0) is 32.4 Å². The van der Waals surface area contributed by atoms with Gasteiger partial charge in [0.1, 0.15) is 0 Å². The molecule has 0 spiro atoms. The number of hydrogen-bond acceptors (Lipinski definition) is 3. The Kier molecular flexibility index (Phi) is 3.64. The van der Waals surface area contributed by atoms with E-state index in [1.54, 1.807) is 11.3 Å². The average molecular weight is 249 g/mol. The van der Waals surface area contributed by atoms with Crippen LogP contribution in [0.5, 0.6) is 0 Å². The van der Waals surface area contributed by atoms with Crippen molar-refractivity contribution in [1.82, 2.24) is 14.9 Å². The van der Waals surface area contributed by atoms with Gasteiger partial charge in [0.25, 0.3) is 0 Å². The van der Waals surface area contributed by atoms with Crippen molar-refractivity contribution in [2.75, 3.05) is 0 Å². The maximum absolute atomic E-state index is 4.25. The third-order valence-corrected chi connectivity index (χ3v) is 4.26. The van der Waals surface area contributed by atoms with E-state index < -0.39 is 0 Å². The highest BCUT2D eigenvalue weighted by Crippen LogP contribution is 2.14. The summed E-state index contributed by atoms with van der Waals surface area (Å²) in [5.74, 6) is 0. The van der Waals surface area contributed by atoms with Gasteiger partial charge in [-0.25, -0.2) is 4.98 Å². The second-order valence-electron chi connectivity index (χ2n) is 4.42. The fourth-order valence-corrected chi connectivity index (χ4v) is 2.67. The van der Waals surface area contributed by atoms with Crippen molar-refractivity contribution in [3.63, 3.8) is 0 Å². The maximum atomic E-state index is 4.25. The van der Waals surface area contributed by atoms with Crippen LogP contribution in [0.4, 0.5) is 0 Å². The van der Waals surface area contributed by atoms with Gasteiger partial charge in [-0.1, -0.05) is 0 Å². The first-order chi connectivity index (χ1) is 8.09. The Bertz CT molecular complexity index is 511. The SMILES string of the molecule is Cc1ncsc1CNCc1cc(C)n(C)c1C. The van der Waals surface area contributed by atoms with Gasteiger partial charge in [0, 0.05) is 36.4 Å². The van der Waals surface area contributed by atoms with Crippen LogP contribution in [0.1, 0.15) is 27.5 Å². The number of hydrogen-bond donors (Lipinski definition) is 1. The summed E-state index contributed by atoms with van der Waals surface area (Å²) in [6.07, 6.45) is 0. The molecule has 0 aliphatic rings. The van der Waals surface area contributed by atoms with Gasteiger partial charge in [-0.3, -0.25) is 0 Å². The lowest BCUT2D eigenvalue weighted by Crippen LogP contribution is -2.13. The molecule has 2 rings (SSSR count). The number of nitrogens with one attached hydrogen (secondary N) is 1. The van der Waals surface area contributed by atoms with Crippen LogP contribution in [-0.2, 0) is 20.1 Å². The van der Waals surface area contributed by atoms with Gasteiger partial charge in [0.2, 0.25) is 0 Å². The van der Waals surface area contributed by atoms with Crippen molar-refractivity contribution in [3.8, 4) is 0 Å². The molecule has 0 radical (unpaired) electrons. The van der Waals surface area contributed by atoms with Crippen LogP contribution in [0.25, 0.3) is 0 Å². The summed E-state index contributed by atoms with van der Waals surface area (Å²) >= 11 is 1.72. The third-order valence-electron chi connectivity index (χ3n) is 3.33. The Morgan fingerprint density at radius 2 is 2.06 bits per heavy atom. The molecule has 2 heterocycles. The molecule has 1 N–H and O–H groups in total. The van der Waals surface area contributed by atoms with E-state index in [0.29, 0.717) is 0 Å². The van der Waals surface area contributed by atoms with Gasteiger partial charge < -0.3 is 9.88 Å². The molecule has 2 aromatic rings. The first-order valence-electron chi connectivity index (χ1n) is 5.81. The van der Waals surface area contributed by atoms with Crippen molar-refractivity contribution in [1.29, 1.82) is 0 Å². The summed E-state index contributed by atoms with van der Waals surface area (Å²) in [6, 6.07) is 2.25. The number of rotatable bonds is 4. The minimum atomic E-state index is 0.907. The molecule has 0 aliphatic carbocycles. The lowest BCUT2D eigenvalue weighted by atomic mass is 10.2. The molecule has 2 aromatic heterocycles. The highest BCUT2D eigenvalue weighted by molar-refractivity contribution is 7.09. The summed E-state index contributed by atoms with van der Waals surface area (Å²) in [4.78, 5) is 5.58. The lowest BCUT2D eigenvalue weighted by Gasteiger charge is -2.04. The zero-order chi connectivity index (χ0) is 12.4. The lowest BCUT2D eigenvalue weighted by molar-refractivity contribution is 0.690. The molecule has 0 fully saturated rings. The Morgan fingerprint density at radius 3 is 2.59 bits per heavy atom. The first-order valence-corrected chi connectivity index (χ1v) is 6.69. The van der Waals surface area contributed by atoms with E-state index in [0.717, 1.165) is 18.8 Å². The summed E-state index contributed by atoms with van der Waals surface area (Å²) < 4.78 is 2.23. The summed E-state index contributed by atoms with van der Waals surface area (Å²) in [5, 5.41) is 3.48. The second-order valence-corrected chi connectivity index (χ2v) is 5.36. The molecule has 3 nitrogen and oxygen atoms in total. The number of thiazole rings is 1. The number of aromatic nitrogens is 2. The molecule has 0 saturated carbocycles. The predicted octanol–water partition coefficient (Wildman–Crippen LogP) is 2.70. The molecule has 0 bridgehead atoms. The van der Waals surface area contributed by atoms with Crippen LogP contribution in [-0.4, -0.2) is 9.55 Å². The molecule has 4 heteroatoms. The van der Waals surface area contributed by atoms with Gasteiger partial charge in [0.15, 0.2) is 0 Å². The standard InChI is InChI=1S/C13H19N3S/c1-9-5-12(11(3)16(9)4)6-14-7-13-10(2)15-8-17-13/h5,8,14H,6-7H2,1-4H3. The van der Waals surface area contributed by atoms with Crippen LogP contribution in [0, 0.1) is 20.8 Å². The minimum absolute atomic E-state index is 0.907. The fourth-order valence-electron chi connectivity index (χ4n) is 1.92. The maximum Gasteiger partial charge on any atom is 0.0798 e. The minimum Gasteiger partial charge on any atom is -0.352 e. The van der Waals surface area contributed by atoms with E-state index in [-0.39, 0.29) is 0 Å². The van der Waals surface area contributed by atoms with Crippen LogP contribution < -0.4 is 5.32 Å². The quantitative estimate of drug-likeness (QED) is 0.903. The third kappa shape index (κ3) is 2.58. The molecule has 0 aliphatic heterocycles. The van der Waals surface area contributed by atoms with Crippen molar-refractivity contribution in [2.24, 2.45) is 7.05 Å². The molecule has 0 atom stereocenters. The van der Waals surface area contributed by atoms with E-state index in [1.807, 2.05) is 5.51 Å². The second kappa shape index (κ2) is 5.02. The Morgan fingerprint density at radius 1 is 1.29 bits per heavy atom. The van der Waals surface area contributed by atoms with E-state index in [1.165, 1.54) is 21.8 Å². The smallest absolute Gasteiger partial charge is 0.0798 e. The van der Waals surface area contributed by atoms with Crippen LogP contribution >= 0.6 is 11.3 Å². The highest BCUT2D eigenvalue weighted by atomic mass is 32.1. The molecule has 0 aromatic carbocycles. The van der Waals surface area contributed by atoms with Gasteiger partial charge in [0.05, 0.1) is 11.2 Å². The molecule has 0 unspecified atom stereocenters. The molecule has 92 valence electrons. The Labute approximate surface area is 107 Å². The zero-order valence-electron chi connectivity index (χ0n) is 10.9. The summed E-state index contributed by atoms with van der Waals surface area (Å²) in [7, 11) is 2.11. The number of aryl methyl sites for hydroxylation is 2. The van der Waals surface area contributed by atoms with Crippen molar-refractivity contribution < 1.29 is 0 Å². The Hall–Kier alpha value is -1.13. The molecular weight excluding hydrogens is 230 g/mol. The van der Waals surface area contributed by atoms with E-state index >= 15 is 0 Å². The molecule has 17 heavy (non-hydrogen) atoms. The monoisotopic (exact) mass is 249 g/mol.